The molecule has 0 saturated heterocycles. The van der Waals surface area contributed by atoms with Crippen LogP contribution in [0.5, 0.6) is 0 Å². The summed E-state index contributed by atoms with van der Waals surface area (Å²) in [6.45, 7) is 6.64. The first-order chi connectivity index (χ1) is 8.50. The molecule has 0 saturated carbocycles. The molecular weight excluding hydrogens is 244 g/mol. The van der Waals surface area contributed by atoms with Crippen LogP contribution >= 0.6 is 11.8 Å². The molecule has 1 aliphatic rings. The minimum absolute atomic E-state index is 0.168. The molecule has 0 spiro atoms. The van der Waals surface area contributed by atoms with Crippen molar-refractivity contribution in [1.29, 1.82) is 0 Å². The van der Waals surface area contributed by atoms with E-state index in [9.17, 15) is 4.79 Å². The normalized spacial score (nSPS) is 21.9. The van der Waals surface area contributed by atoms with Gasteiger partial charge in [-0.25, -0.2) is 0 Å². The van der Waals surface area contributed by atoms with Crippen molar-refractivity contribution in [3.63, 3.8) is 0 Å². The highest BCUT2D eigenvalue weighted by Gasteiger charge is 2.35. The second kappa shape index (κ2) is 5.35. The zero-order chi connectivity index (χ0) is 13.2. The molecule has 0 radical (unpaired) electrons. The first kappa shape index (κ1) is 13.5. The van der Waals surface area contributed by atoms with Crippen LogP contribution in [0.1, 0.15) is 39.4 Å². The van der Waals surface area contributed by atoms with Crippen molar-refractivity contribution >= 4 is 16.9 Å². The van der Waals surface area contributed by atoms with Gasteiger partial charge in [-0.1, -0.05) is 37.3 Å². The number of thioether (sulfide) groups is 1. The fourth-order valence-electron chi connectivity index (χ4n) is 2.34. The number of furan rings is 1. The predicted molar refractivity (Wildman–Crippen MR) is 75.3 cm³/mol. The third-order valence-electron chi connectivity index (χ3n) is 4.11. The summed E-state index contributed by atoms with van der Waals surface area (Å²) in [5.74, 6) is 1.97. The van der Waals surface area contributed by atoms with Crippen molar-refractivity contribution in [2.45, 2.75) is 39.4 Å². The molecule has 0 bridgehead atoms. The van der Waals surface area contributed by atoms with E-state index in [0.29, 0.717) is 18.1 Å². The summed E-state index contributed by atoms with van der Waals surface area (Å²) in [6, 6.07) is 3.76. The second-order valence-electron chi connectivity index (χ2n) is 5.49. The number of rotatable bonds is 4. The highest BCUT2D eigenvalue weighted by Crippen LogP contribution is 2.45. The molecular formula is C15H20O2S. The van der Waals surface area contributed by atoms with Gasteiger partial charge in [-0.15, -0.1) is 0 Å². The van der Waals surface area contributed by atoms with Crippen LogP contribution in [-0.2, 0) is 10.5 Å². The third kappa shape index (κ3) is 2.89. The van der Waals surface area contributed by atoms with E-state index in [4.69, 9.17) is 4.42 Å². The van der Waals surface area contributed by atoms with Gasteiger partial charge in [-0.3, -0.25) is 4.79 Å². The van der Waals surface area contributed by atoms with Crippen LogP contribution in [0.3, 0.4) is 0 Å². The van der Waals surface area contributed by atoms with Gasteiger partial charge in [0.2, 0.25) is 0 Å². The second-order valence-corrected chi connectivity index (χ2v) is 6.52. The molecule has 0 fully saturated rings. The van der Waals surface area contributed by atoms with Crippen LogP contribution < -0.4 is 0 Å². The third-order valence-corrected chi connectivity index (χ3v) is 5.03. The van der Waals surface area contributed by atoms with Gasteiger partial charge >= 0.3 is 0 Å². The summed E-state index contributed by atoms with van der Waals surface area (Å²) in [7, 11) is 0. The highest BCUT2D eigenvalue weighted by molar-refractivity contribution is 8.12. The molecule has 1 atom stereocenters. The van der Waals surface area contributed by atoms with Crippen molar-refractivity contribution < 1.29 is 9.21 Å². The molecule has 1 aromatic rings. The SMILES string of the molecule is CC1=CCC(CC(=O)SCc2ccco2)C1(C)C. The van der Waals surface area contributed by atoms with Crippen LogP contribution in [0.15, 0.2) is 34.5 Å². The number of carbonyl (C=O) groups excluding carboxylic acids is 1. The highest BCUT2D eigenvalue weighted by atomic mass is 32.2. The van der Waals surface area contributed by atoms with Crippen LogP contribution in [0.25, 0.3) is 0 Å². The molecule has 98 valence electrons. The molecule has 18 heavy (non-hydrogen) atoms. The zero-order valence-electron chi connectivity index (χ0n) is 11.2. The zero-order valence-corrected chi connectivity index (χ0v) is 12.0. The topological polar surface area (TPSA) is 30.2 Å². The maximum atomic E-state index is 12.0. The Morgan fingerprint density at radius 2 is 2.33 bits per heavy atom. The van der Waals surface area contributed by atoms with Crippen molar-refractivity contribution in [1.82, 2.24) is 0 Å². The Morgan fingerprint density at radius 1 is 1.56 bits per heavy atom. The van der Waals surface area contributed by atoms with Gasteiger partial charge in [0, 0.05) is 6.42 Å². The van der Waals surface area contributed by atoms with Crippen LogP contribution in [-0.4, -0.2) is 5.12 Å². The Bertz CT molecular complexity index is 443. The Labute approximate surface area is 113 Å². The minimum Gasteiger partial charge on any atom is -0.468 e. The Balaban J connectivity index is 1.82. The summed E-state index contributed by atoms with van der Waals surface area (Å²) >= 11 is 1.37. The van der Waals surface area contributed by atoms with Crippen LogP contribution in [0, 0.1) is 11.3 Å². The average Bonchev–Trinajstić information content (AvgIpc) is 2.91. The molecule has 1 aromatic heterocycles. The maximum absolute atomic E-state index is 12.0. The van der Waals surface area contributed by atoms with Crippen LogP contribution in [0.2, 0.25) is 0 Å². The average molecular weight is 264 g/mol. The smallest absolute Gasteiger partial charge is 0.189 e. The summed E-state index contributed by atoms with van der Waals surface area (Å²) < 4.78 is 5.23. The van der Waals surface area contributed by atoms with Crippen molar-refractivity contribution in [3.05, 3.63) is 35.8 Å². The molecule has 2 rings (SSSR count). The fraction of sp³-hybridized carbons (Fsp3) is 0.533. The quantitative estimate of drug-likeness (QED) is 0.754. The van der Waals surface area contributed by atoms with Crippen molar-refractivity contribution in [3.8, 4) is 0 Å². The Morgan fingerprint density at radius 3 is 2.89 bits per heavy atom. The number of carbonyl (C=O) groups is 1. The van der Waals surface area contributed by atoms with Gasteiger partial charge in [-0.2, -0.15) is 0 Å². The van der Waals surface area contributed by atoms with Gasteiger partial charge < -0.3 is 4.42 Å². The molecule has 0 amide bonds. The number of allylic oxidation sites excluding steroid dienone is 2. The summed E-state index contributed by atoms with van der Waals surface area (Å²) in [6.07, 6.45) is 5.61. The first-order valence-corrected chi connectivity index (χ1v) is 7.34. The molecule has 2 nitrogen and oxygen atoms in total. The molecule has 0 aliphatic heterocycles. The monoisotopic (exact) mass is 264 g/mol. The largest absolute Gasteiger partial charge is 0.468 e. The lowest BCUT2D eigenvalue weighted by molar-refractivity contribution is -0.112. The number of hydrogen-bond donors (Lipinski definition) is 0. The lowest BCUT2D eigenvalue weighted by Gasteiger charge is -2.29. The molecule has 1 heterocycles. The summed E-state index contributed by atoms with van der Waals surface area (Å²) in [5.41, 5.74) is 1.58. The standard InChI is InChI=1S/C15H20O2S/c1-11-6-7-12(15(11,2)3)9-14(16)18-10-13-5-4-8-17-13/h4-6,8,12H,7,9-10H2,1-3H3. The van der Waals surface area contributed by atoms with Crippen molar-refractivity contribution in [2.24, 2.45) is 11.3 Å². The van der Waals surface area contributed by atoms with Gasteiger partial charge in [0.05, 0.1) is 12.0 Å². The lowest BCUT2D eigenvalue weighted by atomic mass is 9.76. The van der Waals surface area contributed by atoms with Crippen LogP contribution in [0.4, 0.5) is 0 Å². The van der Waals surface area contributed by atoms with Gasteiger partial charge in [0.25, 0.3) is 0 Å². The Kier molecular flexibility index (Phi) is 4.00. The van der Waals surface area contributed by atoms with E-state index < -0.39 is 0 Å². The maximum Gasteiger partial charge on any atom is 0.189 e. The van der Waals surface area contributed by atoms with E-state index in [1.54, 1.807) is 6.26 Å². The fourth-order valence-corrected chi connectivity index (χ4v) is 3.13. The van der Waals surface area contributed by atoms with Gasteiger partial charge in [0.1, 0.15) is 5.76 Å². The molecule has 0 aromatic carbocycles. The van der Waals surface area contributed by atoms with Gasteiger partial charge in [-0.05, 0) is 36.8 Å². The van der Waals surface area contributed by atoms with E-state index in [1.165, 1.54) is 17.3 Å². The summed E-state index contributed by atoms with van der Waals surface area (Å²) in [4.78, 5) is 12.0. The Hall–Kier alpha value is -0.960. The van der Waals surface area contributed by atoms with E-state index in [2.05, 4.69) is 26.8 Å². The lowest BCUT2D eigenvalue weighted by Crippen LogP contribution is -2.22. The predicted octanol–water partition coefficient (Wildman–Crippen LogP) is 4.42. The van der Waals surface area contributed by atoms with Gasteiger partial charge in [0.15, 0.2) is 5.12 Å². The van der Waals surface area contributed by atoms with E-state index >= 15 is 0 Å². The van der Waals surface area contributed by atoms with E-state index in [1.807, 2.05) is 12.1 Å². The molecule has 0 N–H and O–H groups in total. The molecule has 3 heteroatoms. The van der Waals surface area contributed by atoms with E-state index in [-0.39, 0.29) is 10.5 Å². The summed E-state index contributed by atoms with van der Waals surface area (Å²) in [5, 5.41) is 0.271. The minimum atomic E-state index is 0.168. The molecule has 1 unspecified atom stereocenters. The number of hydrogen-bond acceptors (Lipinski definition) is 3. The molecule has 1 aliphatic carbocycles. The van der Waals surface area contributed by atoms with Crippen molar-refractivity contribution in [2.75, 3.05) is 0 Å². The first-order valence-electron chi connectivity index (χ1n) is 6.35. The van der Waals surface area contributed by atoms with E-state index in [0.717, 1.165) is 12.2 Å².